The van der Waals surface area contributed by atoms with Gasteiger partial charge in [-0.05, 0) is 0 Å². The molecule has 0 N–H and O–H groups in total. The minimum atomic E-state index is -0.306. The van der Waals surface area contributed by atoms with E-state index < -0.39 is 0 Å². The number of fused-ring (bicyclic) bond motifs is 1. The first-order valence-electron chi connectivity index (χ1n) is 10.9. The maximum atomic E-state index is 11.8. The van der Waals surface area contributed by atoms with Crippen LogP contribution in [0.5, 0.6) is 5.75 Å². The van der Waals surface area contributed by atoms with Gasteiger partial charge >= 0.3 is 198 Å². The topological polar surface area (TPSA) is 44.8 Å². The maximum absolute atomic E-state index is 11.8. The van der Waals surface area contributed by atoms with E-state index in [4.69, 9.17) is 14.2 Å². The first-order valence-corrected chi connectivity index (χ1v) is 12.6. The van der Waals surface area contributed by atoms with E-state index in [1.54, 1.807) is 26.2 Å². The van der Waals surface area contributed by atoms with Crippen molar-refractivity contribution in [2.75, 3.05) is 20.5 Å². The molecule has 0 radical (unpaired) electrons. The van der Waals surface area contributed by atoms with Gasteiger partial charge in [0.2, 0.25) is 0 Å². The molecule has 0 saturated heterocycles. The summed E-state index contributed by atoms with van der Waals surface area (Å²) in [4.78, 5) is 15.1. The van der Waals surface area contributed by atoms with Gasteiger partial charge in [-0.1, -0.05) is 0 Å². The molecule has 0 bridgehead atoms. The molecule has 0 spiro atoms. The molecule has 2 aromatic carbocycles. The fraction of sp³-hybridized carbons (Fsp3) is 0.444. The Hall–Kier alpha value is -2.25. The van der Waals surface area contributed by atoms with Gasteiger partial charge in [-0.25, -0.2) is 0 Å². The van der Waals surface area contributed by atoms with Crippen LogP contribution >= 0.6 is 0 Å². The van der Waals surface area contributed by atoms with Gasteiger partial charge in [-0.2, -0.15) is 0 Å². The van der Waals surface area contributed by atoms with Crippen LogP contribution in [-0.4, -0.2) is 41.4 Å². The second-order valence-electron chi connectivity index (χ2n) is 9.29. The summed E-state index contributed by atoms with van der Waals surface area (Å²) in [6.07, 6.45) is 2.27. The quantitative estimate of drug-likeness (QED) is 0.254. The van der Waals surface area contributed by atoms with Crippen molar-refractivity contribution in [2.24, 2.45) is 0 Å². The van der Waals surface area contributed by atoms with E-state index in [1.165, 1.54) is 15.6 Å². The molecular weight excluding hydrogens is 467 g/mol. The Morgan fingerprint density at radius 1 is 1.06 bits per heavy atom. The molecule has 1 aliphatic carbocycles. The second-order valence-corrected chi connectivity index (χ2v) is 11.1. The molecular formula is C27H32O4Se. The molecule has 170 valence electrons. The normalized spacial score (nSPS) is 15.8. The number of ether oxygens (including phenoxy) is 3. The monoisotopic (exact) mass is 500 g/mol. The van der Waals surface area contributed by atoms with E-state index in [1.807, 2.05) is 12.1 Å². The van der Waals surface area contributed by atoms with Gasteiger partial charge in [0.05, 0.1) is 0 Å². The molecule has 32 heavy (non-hydrogen) atoms. The summed E-state index contributed by atoms with van der Waals surface area (Å²) in [6, 6.07) is 11.7. The van der Waals surface area contributed by atoms with E-state index in [0.29, 0.717) is 12.2 Å². The molecule has 0 saturated carbocycles. The average Bonchev–Trinajstić information content (AvgIpc) is 2.76. The summed E-state index contributed by atoms with van der Waals surface area (Å²) >= 11 is -0.0301. The average molecular weight is 500 g/mol. The van der Waals surface area contributed by atoms with Gasteiger partial charge in [0.25, 0.3) is 0 Å². The molecule has 0 heterocycles. The van der Waals surface area contributed by atoms with E-state index in [0.717, 1.165) is 24.2 Å². The van der Waals surface area contributed by atoms with Crippen LogP contribution in [0.25, 0.3) is 0 Å². The predicted octanol–water partition coefficient (Wildman–Crippen LogP) is 4.53. The summed E-state index contributed by atoms with van der Waals surface area (Å²) in [5, 5.41) is 0. The molecule has 3 rings (SSSR count). The SMILES string of the molecule is CCOC(=O)c1ccc(C#C[Se]c2cc(OCOC)c3c(c2)C(C)(C)CCC3(C)C)cc1. The van der Waals surface area contributed by atoms with Crippen molar-refractivity contribution < 1.29 is 19.0 Å². The third kappa shape index (κ3) is 5.56. The predicted molar refractivity (Wildman–Crippen MR) is 129 cm³/mol. The summed E-state index contributed by atoms with van der Waals surface area (Å²) < 4.78 is 17.5. The second kappa shape index (κ2) is 10.1. The van der Waals surface area contributed by atoms with Crippen LogP contribution in [0.2, 0.25) is 0 Å². The molecule has 0 fully saturated rings. The molecule has 2 aromatic rings. The number of carbonyl (C=O) groups is 1. The van der Waals surface area contributed by atoms with Gasteiger partial charge in [0.15, 0.2) is 0 Å². The Balaban J connectivity index is 1.87. The zero-order chi connectivity index (χ0) is 23.4. The number of methoxy groups -OCH3 is 1. The van der Waals surface area contributed by atoms with Crippen molar-refractivity contribution in [2.45, 2.75) is 58.3 Å². The number of hydrogen-bond acceptors (Lipinski definition) is 4. The van der Waals surface area contributed by atoms with Crippen LogP contribution < -0.4 is 9.20 Å². The first kappa shape index (κ1) is 24.4. The zero-order valence-electron chi connectivity index (χ0n) is 19.8. The Kier molecular flexibility index (Phi) is 7.72. The molecule has 0 aromatic heterocycles. The molecule has 1 aliphatic rings. The molecule has 4 nitrogen and oxygen atoms in total. The first-order chi connectivity index (χ1) is 15.2. The van der Waals surface area contributed by atoms with Gasteiger partial charge in [-0.3, -0.25) is 0 Å². The fourth-order valence-electron chi connectivity index (χ4n) is 4.05. The third-order valence-corrected chi connectivity index (χ3v) is 7.37. The van der Waals surface area contributed by atoms with Crippen molar-refractivity contribution in [3.63, 3.8) is 0 Å². The Morgan fingerprint density at radius 2 is 1.75 bits per heavy atom. The van der Waals surface area contributed by atoms with Crippen LogP contribution in [0.4, 0.5) is 0 Å². The van der Waals surface area contributed by atoms with Crippen molar-refractivity contribution >= 4 is 25.4 Å². The number of esters is 1. The van der Waals surface area contributed by atoms with E-state index in [2.05, 4.69) is 50.6 Å². The van der Waals surface area contributed by atoms with Crippen molar-refractivity contribution in [1.82, 2.24) is 0 Å². The van der Waals surface area contributed by atoms with Crippen molar-refractivity contribution in [3.8, 4) is 16.5 Å². The molecule has 0 atom stereocenters. The van der Waals surface area contributed by atoms with Crippen LogP contribution in [0.3, 0.4) is 0 Å². The van der Waals surface area contributed by atoms with Crippen LogP contribution in [0.15, 0.2) is 36.4 Å². The summed E-state index contributed by atoms with van der Waals surface area (Å²) in [5.41, 5.74) is 4.25. The fourth-order valence-corrected chi connectivity index (χ4v) is 5.37. The number of benzene rings is 2. The van der Waals surface area contributed by atoms with E-state index in [-0.39, 0.29) is 38.5 Å². The van der Waals surface area contributed by atoms with Crippen molar-refractivity contribution in [1.29, 1.82) is 0 Å². The van der Waals surface area contributed by atoms with Gasteiger partial charge in [-0.15, -0.1) is 0 Å². The number of hydrogen-bond donors (Lipinski definition) is 0. The Bertz CT molecular complexity index is 1030. The van der Waals surface area contributed by atoms with Crippen LogP contribution in [0, 0.1) is 10.7 Å². The summed E-state index contributed by atoms with van der Waals surface area (Å²) in [6.45, 7) is 11.6. The third-order valence-electron chi connectivity index (χ3n) is 5.95. The Morgan fingerprint density at radius 3 is 2.41 bits per heavy atom. The summed E-state index contributed by atoms with van der Waals surface area (Å²) in [7, 11) is 1.65. The molecule has 0 unspecified atom stereocenters. The van der Waals surface area contributed by atoms with Crippen LogP contribution in [0.1, 0.15) is 74.5 Å². The van der Waals surface area contributed by atoms with Gasteiger partial charge in [0, 0.05) is 0 Å². The molecule has 0 aliphatic heterocycles. The van der Waals surface area contributed by atoms with Gasteiger partial charge < -0.3 is 0 Å². The number of rotatable bonds is 6. The van der Waals surface area contributed by atoms with E-state index in [9.17, 15) is 4.79 Å². The standard InChI is InChI=1S/C27H32O4Se/c1-7-30-25(28)20-10-8-19(9-11-20)12-15-32-21-16-22-24(23(17-21)31-18-29-6)27(4,5)14-13-26(22,2)3/h8-11,16-17H,7,13-14,18H2,1-6H3. The molecule has 5 heteroatoms. The Labute approximate surface area is 198 Å². The summed E-state index contributed by atoms with van der Waals surface area (Å²) in [5.74, 6) is 3.84. The minimum absolute atomic E-state index is 0.0301. The number of carbonyl (C=O) groups excluding carboxylic acids is 1. The van der Waals surface area contributed by atoms with E-state index >= 15 is 0 Å². The zero-order valence-corrected chi connectivity index (χ0v) is 21.5. The van der Waals surface area contributed by atoms with Crippen LogP contribution in [-0.2, 0) is 20.3 Å². The molecule has 0 amide bonds. The van der Waals surface area contributed by atoms with Crippen molar-refractivity contribution in [3.05, 3.63) is 58.7 Å². The van der Waals surface area contributed by atoms with Gasteiger partial charge in [0.1, 0.15) is 0 Å².